The van der Waals surface area contributed by atoms with Gasteiger partial charge in [0.25, 0.3) is 0 Å². The standard InChI is InChI=1S/C20H24N2O3/c1-13(2)19-15(10-12-25-19)20(24)22-16-8-4-3-7-14(16)18(23)17-9-5-6-11-21-17/h3-9,11,13,15,18-19,23H,10,12H2,1-2H3,(H,22,24). The van der Waals surface area contributed by atoms with Crippen LogP contribution in [0.15, 0.2) is 48.7 Å². The van der Waals surface area contributed by atoms with Gasteiger partial charge in [-0.05, 0) is 30.5 Å². The van der Waals surface area contributed by atoms with Crippen molar-refractivity contribution in [2.45, 2.75) is 32.5 Å². The number of pyridine rings is 1. The summed E-state index contributed by atoms with van der Waals surface area (Å²) in [4.78, 5) is 17.0. The first-order valence-corrected chi connectivity index (χ1v) is 8.68. The molecule has 5 nitrogen and oxygen atoms in total. The number of anilines is 1. The summed E-state index contributed by atoms with van der Waals surface area (Å²) in [5, 5.41) is 13.6. The van der Waals surface area contributed by atoms with Gasteiger partial charge in [-0.1, -0.05) is 38.1 Å². The van der Waals surface area contributed by atoms with E-state index in [4.69, 9.17) is 4.74 Å². The molecule has 1 aliphatic rings. The Labute approximate surface area is 148 Å². The van der Waals surface area contributed by atoms with E-state index in [1.807, 2.05) is 18.2 Å². The predicted octanol–water partition coefficient (Wildman–Crippen LogP) is 3.16. The molecule has 3 rings (SSSR count). The Morgan fingerprint density at radius 1 is 1.24 bits per heavy atom. The first-order chi connectivity index (χ1) is 12.1. The number of ether oxygens (including phenoxy) is 1. The van der Waals surface area contributed by atoms with Gasteiger partial charge in [0.1, 0.15) is 6.10 Å². The average Bonchev–Trinajstić information content (AvgIpc) is 3.12. The lowest BCUT2D eigenvalue weighted by molar-refractivity contribution is -0.122. The van der Waals surface area contributed by atoms with Crippen molar-refractivity contribution in [1.82, 2.24) is 4.98 Å². The maximum Gasteiger partial charge on any atom is 0.230 e. The Balaban J connectivity index is 1.80. The highest BCUT2D eigenvalue weighted by molar-refractivity contribution is 5.94. The summed E-state index contributed by atoms with van der Waals surface area (Å²) >= 11 is 0. The second-order valence-electron chi connectivity index (χ2n) is 6.71. The Morgan fingerprint density at radius 3 is 2.72 bits per heavy atom. The zero-order valence-electron chi connectivity index (χ0n) is 14.6. The zero-order chi connectivity index (χ0) is 17.8. The first-order valence-electron chi connectivity index (χ1n) is 8.68. The van der Waals surface area contributed by atoms with Gasteiger partial charge in [0.05, 0.1) is 17.7 Å². The van der Waals surface area contributed by atoms with Crippen molar-refractivity contribution < 1.29 is 14.6 Å². The lowest BCUT2D eigenvalue weighted by Gasteiger charge is -2.22. The number of carbonyl (C=O) groups is 1. The van der Waals surface area contributed by atoms with Crippen LogP contribution in [0.4, 0.5) is 5.69 Å². The van der Waals surface area contributed by atoms with E-state index in [1.165, 1.54) is 0 Å². The van der Waals surface area contributed by atoms with Gasteiger partial charge in [-0.15, -0.1) is 0 Å². The van der Waals surface area contributed by atoms with Crippen LogP contribution in [-0.2, 0) is 9.53 Å². The number of nitrogens with one attached hydrogen (secondary N) is 1. The number of aliphatic hydroxyl groups is 1. The third-order valence-corrected chi connectivity index (χ3v) is 4.61. The molecule has 1 aliphatic heterocycles. The molecule has 1 aromatic carbocycles. The fourth-order valence-corrected chi connectivity index (χ4v) is 3.32. The van der Waals surface area contributed by atoms with Crippen LogP contribution in [0.1, 0.15) is 37.6 Å². The zero-order valence-corrected chi connectivity index (χ0v) is 14.6. The van der Waals surface area contributed by atoms with E-state index in [2.05, 4.69) is 24.1 Å². The van der Waals surface area contributed by atoms with E-state index >= 15 is 0 Å². The summed E-state index contributed by atoms with van der Waals surface area (Å²) in [7, 11) is 0. The molecule has 3 unspecified atom stereocenters. The molecular weight excluding hydrogens is 316 g/mol. The van der Waals surface area contributed by atoms with Crippen molar-refractivity contribution in [2.24, 2.45) is 11.8 Å². The lowest BCUT2D eigenvalue weighted by Crippen LogP contribution is -2.33. The monoisotopic (exact) mass is 340 g/mol. The molecule has 132 valence electrons. The number of para-hydroxylation sites is 1. The Morgan fingerprint density at radius 2 is 2.00 bits per heavy atom. The molecule has 1 amide bonds. The number of carbonyl (C=O) groups excluding carboxylic acids is 1. The van der Waals surface area contributed by atoms with Gasteiger partial charge in [-0.3, -0.25) is 9.78 Å². The van der Waals surface area contributed by atoms with Crippen LogP contribution in [0.2, 0.25) is 0 Å². The Hall–Kier alpha value is -2.24. The van der Waals surface area contributed by atoms with E-state index in [0.717, 1.165) is 6.42 Å². The van der Waals surface area contributed by atoms with E-state index in [-0.39, 0.29) is 23.8 Å². The van der Waals surface area contributed by atoms with Gasteiger partial charge in [0.2, 0.25) is 5.91 Å². The SMILES string of the molecule is CC(C)C1OCCC1C(=O)Nc1ccccc1C(O)c1ccccn1. The van der Waals surface area contributed by atoms with Gasteiger partial charge in [0.15, 0.2) is 0 Å². The van der Waals surface area contributed by atoms with Crippen LogP contribution >= 0.6 is 0 Å². The van der Waals surface area contributed by atoms with Crippen molar-refractivity contribution >= 4 is 11.6 Å². The number of aromatic nitrogens is 1. The highest BCUT2D eigenvalue weighted by atomic mass is 16.5. The van der Waals surface area contributed by atoms with Crippen LogP contribution in [0.3, 0.4) is 0 Å². The number of hydrogen-bond acceptors (Lipinski definition) is 4. The topological polar surface area (TPSA) is 71.5 Å². The van der Waals surface area contributed by atoms with Gasteiger partial charge in [0, 0.05) is 24.1 Å². The molecule has 5 heteroatoms. The van der Waals surface area contributed by atoms with E-state index in [9.17, 15) is 9.90 Å². The molecule has 0 saturated carbocycles. The molecule has 25 heavy (non-hydrogen) atoms. The molecule has 0 bridgehead atoms. The molecule has 0 spiro atoms. The number of benzene rings is 1. The van der Waals surface area contributed by atoms with Crippen LogP contribution in [0.25, 0.3) is 0 Å². The second kappa shape index (κ2) is 7.76. The second-order valence-corrected chi connectivity index (χ2v) is 6.71. The number of nitrogens with zero attached hydrogens (tertiary/aromatic N) is 1. The summed E-state index contributed by atoms with van der Waals surface area (Å²) in [5.41, 5.74) is 1.79. The molecule has 0 aliphatic carbocycles. The van der Waals surface area contributed by atoms with Gasteiger partial charge in [-0.2, -0.15) is 0 Å². The van der Waals surface area contributed by atoms with E-state index < -0.39 is 6.10 Å². The minimum Gasteiger partial charge on any atom is -0.382 e. The summed E-state index contributed by atoms with van der Waals surface area (Å²) in [6.07, 6.45) is 1.41. The molecule has 0 radical (unpaired) electrons. The van der Waals surface area contributed by atoms with Crippen LogP contribution in [-0.4, -0.2) is 28.7 Å². The van der Waals surface area contributed by atoms with Crippen molar-refractivity contribution in [3.8, 4) is 0 Å². The Bertz CT molecular complexity index is 718. The molecule has 1 aromatic heterocycles. The number of amides is 1. The Kier molecular flexibility index (Phi) is 5.46. The average molecular weight is 340 g/mol. The van der Waals surface area contributed by atoms with E-state index in [0.29, 0.717) is 23.6 Å². The number of rotatable bonds is 5. The van der Waals surface area contributed by atoms with Crippen molar-refractivity contribution in [3.63, 3.8) is 0 Å². The molecule has 1 fully saturated rings. The van der Waals surface area contributed by atoms with Crippen LogP contribution in [0, 0.1) is 11.8 Å². The summed E-state index contributed by atoms with van der Waals surface area (Å²) in [6, 6.07) is 12.7. The van der Waals surface area contributed by atoms with Crippen molar-refractivity contribution in [1.29, 1.82) is 0 Å². The summed E-state index contributed by atoms with van der Waals surface area (Å²) in [5.74, 6) is 0.0597. The maximum atomic E-state index is 12.8. The largest absolute Gasteiger partial charge is 0.382 e. The number of aliphatic hydroxyl groups excluding tert-OH is 1. The predicted molar refractivity (Wildman–Crippen MR) is 96.1 cm³/mol. The summed E-state index contributed by atoms with van der Waals surface area (Å²) < 4.78 is 5.71. The highest BCUT2D eigenvalue weighted by Gasteiger charge is 2.36. The van der Waals surface area contributed by atoms with Crippen molar-refractivity contribution in [2.75, 3.05) is 11.9 Å². The van der Waals surface area contributed by atoms with Gasteiger partial charge in [-0.25, -0.2) is 0 Å². The first kappa shape index (κ1) is 17.6. The smallest absolute Gasteiger partial charge is 0.230 e. The normalized spacial score (nSPS) is 21.3. The van der Waals surface area contributed by atoms with Crippen LogP contribution < -0.4 is 5.32 Å². The summed E-state index contributed by atoms with van der Waals surface area (Å²) in [6.45, 7) is 4.74. The molecule has 1 saturated heterocycles. The van der Waals surface area contributed by atoms with Crippen LogP contribution in [0.5, 0.6) is 0 Å². The van der Waals surface area contributed by atoms with Crippen molar-refractivity contribution in [3.05, 3.63) is 59.9 Å². The molecular formula is C20H24N2O3. The fourth-order valence-electron chi connectivity index (χ4n) is 3.32. The minimum atomic E-state index is -0.890. The highest BCUT2D eigenvalue weighted by Crippen LogP contribution is 2.31. The lowest BCUT2D eigenvalue weighted by atomic mass is 9.92. The molecule has 2 aromatic rings. The third kappa shape index (κ3) is 3.89. The quantitative estimate of drug-likeness (QED) is 0.877. The van der Waals surface area contributed by atoms with Gasteiger partial charge >= 0.3 is 0 Å². The fraction of sp³-hybridized carbons (Fsp3) is 0.400. The number of hydrogen-bond donors (Lipinski definition) is 2. The minimum absolute atomic E-state index is 0.0585. The van der Waals surface area contributed by atoms with Gasteiger partial charge < -0.3 is 15.2 Å². The third-order valence-electron chi connectivity index (χ3n) is 4.61. The molecule has 3 atom stereocenters. The van der Waals surface area contributed by atoms with E-state index in [1.54, 1.807) is 30.5 Å². The maximum absolute atomic E-state index is 12.8. The molecule has 2 N–H and O–H groups in total. The molecule has 2 heterocycles.